The summed E-state index contributed by atoms with van der Waals surface area (Å²) < 4.78 is 3.00. The molecule has 0 amide bonds. The van der Waals surface area contributed by atoms with Crippen LogP contribution in [0.1, 0.15) is 38.5 Å². The fourth-order valence-electron chi connectivity index (χ4n) is 2.78. The normalized spacial score (nSPS) is 10.0. The molecule has 0 radical (unpaired) electrons. The molecule has 0 bridgehead atoms. The van der Waals surface area contributed by atoms with Crippen molar-refractivity contribution in [3.05, 3.63) is 31.5 Å². The van der Waals surface area contributed by atoms with E-state index in [1.165, 1.54) is 18.2 Å². The quantitative estimate of drug-likeness (QED) is 0.212. The minimum absolute atomic E-state index is 0.0805. The monoisotopic (exact) mass is 420 g/mol. The van der Waals surface area contributed by atoms with E-state index >= 15 is 0 Å². The fraction of sp³-hybridized carbons (Fsp3) is 0.667. The van der Waals surface area contributed by atoms with Crippen LogP contribution in [0.3, 0.4) is 0 Å². The maximum atomic E-state index is 12.7. The Hall–Kier alpha value is -3.45. The van der Waals surface area contributed by atoms with Crippen molar-refractivity contribution in [1.29, 1.82) is 0 Å². The van der Waals surface area contributed by atoms with Gasteiger partial charge in [-0.2, -0.15) is 0 Å². The maximum absolute atomic E-state index is 12.7. The van der Waals surface area contributed by atoms with E-state index in [9.17, 15) is 28.8 Å². The molecule has 0 N–H and O–H groups in total. The molecule has 0 aliphatic rings. The Bertz CT molecular complexity index is 845. The number of nitrogens with zero attached hydrogens (tertiary/aromatic N) is 6. The van der Waals surface area contributed by atoms with Gasteiger partial charge in [-0.25, -0.2) is 57.4 Å². The zero-order valence-corrected chi connectivity index (χ0v) is 16.6. The molecule has 1 rings (SSSR count). The Morgan fingerprint density at radius 1 is 0.500 bits per heavy atom. The Morgan fingerprint density at radius 2 is 0.767 bits per heavy atom. The van der Waals surface area contributed by atoms with E-state index in [0.717, 1.165) is 13.7 Å². The van der Waals surface area contributed by atoms with Crippen LogP contribution in [-0.4, -0.2) is 51.6 Å². The zero-order chi connectivity index (χ0) is 22.2. The molecule has 0 unspecified atom stereocenters. The number of hydrogen-bond acceptors (Lipinski definition) is 9. The third kappa shape index (κ3) is 7.89. The molecule has 1 aromatic heterocycles. The van der Waals surface area contributed by atoms with Gasteiger partial charge in [-0.3, -0.25) is 0 Å². The van der Waals surface area contributed by atoms with E-state index in [1.807, 2.05) is 0 Å². The first-order chi connectivity index (χ1) is 14.6. The summed E-state index contributed by atoms with van der Waals surface area (Å²) in [6.45, 7) is 0.952. The van der Waals surface area contributed by atoms with Crippen LogP contribution in [0.2, 0.25) is 0 Å². The molecular weight excluding hydrogens is 396 g/mol. The third-order valence-electron chi connectivity index (χ3n) is 4.28. The number of rotatable bonds is 15. The van der Waals surface area contributed by atoms with Gasteiger partial charge in [0.25, 0.3) is 0 Å². The average Bonchev–Trinajstić information content (AvgIpc) is 2.74. The Labute approximate surface area is 171 Å². The first kappa shape index (κ1) is 24.6. The molecule has 162 valence electrons. The number of aromatic nitrogens is 3. The SMILES string of the molecule is O=C=NCCCCn1c(=O)n(CCCCN=C=O)c(=O)n(CCCCN=C=O)c1=O. The molecule has 1 aromatic rings. The molecule has 30 heavy (non-hydrogen) atoms. The van der Waals surface area contributed by atoms with Gasteiger partial charge >= 0.3 is 17.1 Å². The molecule has 1 heterocycles. The number of hydrogen-bond donors (Lipinski definition) is 0. The highest BCUT2D eigenvalue weighted by atomic mass is 16.2. The Balaban J connectivity index is 3.10. The van der Waals surface area contributed by atoms with Crippen LogP contribution in [0.5, 0.6) is 0 Å². The van der Waals surface area contributed by atoms with Gasteiger partial charge in [0.05, 0.1) is 19.6 Å². The van der Waals surface area contributed by atoms with Crippen molar-refractivity contribution < 1.29 is 14.4 Å². The van der Waals surface area contributed by atoms with Crippen LogP contribution >= 0.6 is 0 Å². The fourth-order valence-corrected chi connectivity index (χ4v) is 2.78. The minimum atomic E-state index is -0.704. The van der Waals surface area contributed by atoms with E-state index in [2.05, 4.69) is 15.0 Å². The van der Waals surface area contributed by atoms with Gasteiger partial charge in [0.2, 0.25) is 18.2 Å². The van der Waals surface area contributed by atoms with Gasteiger partial charge in [-0.05, 0) is 38.5 Å². The summed E-state index contributed by atoms with van der Waals surface area (Å²) in [5.74, 6) is 0. The molecule has 0 atom stereocenters. The summed E-state index contributed by atoms with van der Waals surface area (Å²) in [5, 5.41) is 0. The van der Waals surface area contributed by atoms with Gasteiger partial charge in [0.15, 0.2) is 0 Å². The summed E-state index contributed by atoms with van der Waals surface area (Å²) in [6, 6.07) is 0. The van der Waals surface area contributed by atoms with Gasteiger partial charge in [-0.1, -0.05) is 0 Å². The van der Waals surface area contributed by atoms with Crippen LogP contribution in [0, 0.1) is 0 Å². The first-order valence-corrected chi connectivity index (χ1v) is 9.63. The molecule has 0 saturated heterocycles. The minimum Gasteiger partial charge on any atom is -0.247 e. The predicted octanol–water partition coefficient (Wildman–Crippen LogP) is -0.480. The van der Waals surface area contributed by atoms with Gasteiger partial charge in [-0.15, -0.1) is 0 Å². The molecule has 12 heteroatoms. The van der Waals surface area contributed by atoms with Crippen LogP contribution in [0.4, 0.5) is 0 Å². The molecule has 0 spiro atoms. The second kappa shape index (κ2) is 14.5. The third-order valence-corrected chi connectivity index (χ3v) is 4.28. The van der Waals surface area contributed by atoms with Gasteiger partial charge in [0.1, 0.15) is 0 Å². The van der Waals surface area contributed by atoms with E-state index in [1.54, 1.807) is 0 Å². The van der Waals surface area contributed by atoms with Crippen LogP contribution in [-0.2, 0) is 34.0 Å². The largest absolute Gasteiger partial charge is 0.336 e. The second-order valence-electron chi connectivity index (χ2n) is 6.34. The van der Waals surface area contributed by atoms with Crippen LogP contribution in [0.25, 0.3) is 0 Å². The van der Waals surface area contributed by atoms with Crippen molar-refractivity contribution in [1.82, 2.24) is 13.7 Å². The molecule has 0 saturated carbocycles. The molecular formula is C18H24N6O6. The topological polar surface area (TPSA) is 154 Å². The van der Waals surface area contributed by atoms with E-state index < -0.39 is 17.1 Å². The zero-order valence-electron chi connectivity index (χ0n) is 16.6. The summed E-state index contributed by atoms with van der Waals surface area (Å²) in [5.41, 5.74) is -2.11. The molecule has 0 aliphatic heterocycles. The smallest absolute Gasteiger partial charge is 0.247 e. The highest BCUT2D eigenvalue weighted by Crippen LogP contribution is 1.95. The van der Waals surface area contributed by atoms with E-state index in [4.69, 9.17) is 0 Å². The highest BCUT2D eigenvalue weighted by molar-refractivity contribution is 5.33. The molecule has 12 nitrogen and oxygen atoms in total. The molecule has 0 aromatic carbocycles. The summed E-state index contributed by atoms with van der Waals surface area (Å²) in [7, 11) is 0. The van der Waals surface area contributed by atoms with Crippen molar-refractivity contribution in [2.45, 2.75) is 58.2 Å². The van der Waals surface area contributed by atoms with Gasteiger partial charge in [0, 0.05) is 19.6 Å². The van der Waals surface area contributed by atoms with E-state index in [-0.39, 0.29) is 39.3 Å². The number of aliphatic imine (C=N–C) groups is 3. The molecule has 0 fully saturated rings. The lowest BCUT2D eigenvalue weighted by atomic mass is 10.3. The van der Waals surface area contributed by atoms with Crippen molar-refractivity contribution in [3.63, 3.8) is 0 Å². The van der Waals surface area contributed by atoms with E-state index in [0.29, 0.717) is 38.5 Å². The van der Waals surface area contributed by atoms with Crippen molar-refractivity contribution in [2.75, 3.05) is 19.6 Å². The van der Waals surface area contributed by atoms with Crippen molar-refractivity contribution >= 4 is 18.2 Å². The summed E-state index contributed by atoms with van der Waals surface area (Å²) >= 11 is 0. The lowest BCUT2D eigenvalue weighted by molar-refractivity contribution is 0.420. The second-order valence-corrected chi connectivity index (χ2v) is 6.34. The Kier molecular flexibility index (Phi) is 11.9. The first-order valence-electron chi connectivity index (χ1n) is 9.63. The standard InChI is InChI=1S/C18H24N6O6/c25-13-19-7-1-4-10-22-16(28)23(11-5-2-8-20-14-26)18(30)24(17(22)29)12-6-3-9-21-15-27/h1-12H2. The van der Waals surface area contributed by atoms with Crippen molar-refractivity contribution in [2.24, 2.45) is 15.0 Å². The number of carbonyl (C=O) groups excluding carboxylic acids is 3. The molecule has 0 aliphatic carbocycles. The number of unbranched alkanes of at least 4 members (excludes halogenated alkanes) is 3. The lowest BCUT2D eigenvalue weighted by Crippen LogP contribution is -2.54. The van der Waals surface area contributed by atoms with Crippen LogP contribution in [0.15, 0.2) is 29.4 Å². The summed E-state index contributed by atoms with van der Waals surface area (Å²) in [6.07, 6.45) is 6.96. The number of isocyanates is 3. The average molecular weight is 420 g/mol. The highest BCUT2D eigenvalue weighted by Gasteiger charge is 2.15. The predicted molar refractivity (Wildman–Crippen MR) is 106 cm³/mol. The Morgan fingerprint density at radius 3 is 1.00 bits per heavy atom. The van der Waals surface area contributed by atoms with Crippen LogP contribution < -0.4 is 17.1 Å². The van der Waals surface area contributed by atoms with Crippen molar-refractivity contribution in [3.8, 4) is 0 Å². The summed E-state index contributed by atoms with van der Waals surface area (Å²) in [4.78, 5) is 78.7. The maximum Gasteiger partial charge on any atom is 0.336 e. The lowest BCUT2D eigenvalue weighted by Gasteiger charge is -2.13. The van der Waals surface area contributed by atoms with Gasteiger partial charge < -0.3 is 0 Å².